The summed E-state index contributed by atoms with van der Waals surface area (Å²) in [5, 5.41) is 0. The number of ether oxygens (including phenoxy) is 1. The van der Waals surface area contributed by atoms with Crippen molar-refractivity contribution in [3.05, 3.63) is 94.0 Å². The number of morpholine rings is 1. The lowest BCUT2D eigenvalue weighted by Crippen LogP contribution is -2.46. The maximum Gasteiger partial charge on any atom is 0.329 e. The van der Waals surface area contributed by atoms with Crippen LogP contribution in [0.3, 0.4) is 0 Å². The van der Waals surface area contributed by atoms with Crippen LogP contribution in [-0.2, 0) is 22.6 Å². The summed E-state index contributed by atoms with van der Waals surface area (Å²) in [5.74, 6) is -0.137. The van der Waals surface area contributed by atoms with Gasteiger partial charge in [0.25, 0.3) is 11.8 Å². The first kappa shape index (κ1) is 32.5. The van der Waals surface area contributed by atoms with Gasteiger partial charge in [0.05, 0.1) is 35.4 Å². The van der Waals surface area contributed by atoms with E-state index in [-0.39, 0.29) is 35.4 Å². The van der Waals surface area contributed by atoms with Crippen molar-refractivity contribution in [2.45, 2.75) is 44.8 Å². The zero-order valence-electron chi connectivity index (χ0n) is 28.3. The van der Waals surface area contributed by atoms with Crippen molar-refractivity contribution in [1.29, 1.82) is 0 Å². The zero-order valence-corrected chi connectivity index (χ0v) is 28.3. The molecule has 0 atom stereocenters. The fourth-order valence-electron chi connectivity index (χ4n) is 8.11. The SMILES string of the molecule is O=C(C1CCN(Cc2ccc(N3C(=O)c4ccccc4C3=O)nc2)CC1)N1CCC(n2c(=O)n(CCN3CCOCC3)c3ccccc32)CC1. The summed E-state index contributed by atoms with van der Waals surface area (Å²) >= 11 is 0. The third-order valence-electron chi connectivity index (χ3n) is 10.9. The van der Waals surface area contributed by atoms with Gasteiger partial charge in [0.15, 0.2) is 0 Å². The molecule has 0 N–H and O–H groups in total. The average Bonchev–Trinajstić information content (AvgIpc) is 3.59. The van der Waals surface area contributed by atoms with E-state index in [1.165, 1.54) is 0 Å². The minimum absolute atomic E-state index is 0.00180. The predicted octanol–water partition coefficient (Wildman–Crippen LogP) is 3.41. The van der Waals surface area contributed by atoms with Crippen LogP contribution < -0.4 is 10.6 Å². The standard InChI is InChI=1S/C38H43N7O5/c46-35(28-11-15-41(16-12-28)26-27-9-10-34(39-25-27)45-36(47)30-5-1-2-6-31(30)37(45)48)42-17-13-29(14-18-42)44-33-8-4-3-7-32(33)43(38(44)49)20-19-40-21-23-50-24-22-40/h1-10,25,28-29H,11-24,26H2. The Bertz CT molecular complexity index is 1910. The molecular formula is C38H43N7O5. The maximum absolute atomic E-state index is 13.8. The molecule has 0 unspecified atom stereocenters. The smallest absolute Gasteiger partial charge is 0.329 e. The van der Waals surface area contributed by atoms with E-state index in [0.717, 1.165) is 93.1 Å². The highest BCUT2D eigenvalue weighted by Gasteiger charge is 2.37. The third-order valence-corrected chi connectivity index (χ3v) is 10.9. The van der Waals surface area contributed by atoms with Gasteiger partial charge < -0.3 is 9.64 Å². The van der Waals surface area contributed by atoms with E-state index in [1.54, 1.807) is 36.5 Å². The van der Waals surface area contributed by atoms with Crippen molar-refractivity contribution in [3.63, 3.8) is 0 Å². The second-order valence-corrected chi connectivity index (χ2v) is 13.9. The lowest BCUT2D eigenvalue weighted by Gasteiger charge is -2.37. The number of para-hydroxylation sites is 2. The highest BCUT2D eigenvalue weighted by molar-refractivity contribution is 6.34. The molecule has 4 aliphatic heterocycles. The van der Waals surface area contributed by atoms with Gasteiger partial charge in [-0.3, -0.25) is 33.3 Å². The number of pyridine rings is 1. The molecule has 8 rings (SSSR count). The molecule has 6 heterocycles. The van der Waals surface area contributed by atoms with Gasteiger partial charge in [-0.05, 0) is 74.7 Å². The molecule has 0 saturated carbocycles. The molecule has 4 aliphatic rings. The summed E-state index contributed by atoms with van der Waals surface area (Å²) in [6, 6.07) is 18.6. The van der Waals surface area contributed by atoms with Gasteiger partial charge in [0.2, 0.25) is 5.91 Å². The molecule has 3 saturated heterocycles. The molecule has 3 amide bonds. The van der Waals surface area contributed by atoms with Gasteiger partial charge in [-0.2, -0.15) is 0 Å². The molecule has 12 nitrogen and oxygen atoms in total. The minimum Gasteiger partial charge on any atom is -0.379 e. The van der Waals surface area contributed by atoms with E-state index >= 15 is 0 Å². The van der Waals surface area contributed by atoms with E-state index in [1.807, 2.05) is 44.4 Å². The van der Waals surface area contributed by atoms with Crippen LogP contribution in [0.5, 0.6) is 0 Å². The molecular weight excluding hydrogens is 634 g/mol. The van der Waals surface area contributed by atoms with Crippen LogP contribution in [0, 0.1) is 5.92 Å². The van der Waals surface area contributed by atoms with Gasteiger partial charge in [-0.25, -0.2) is 14.7 Å². The van der Waals surface area contributed by atoms with Crippen LogP contribution in [0.2, 0.25) is 0 Å². The van der Waals surface area contributed by atoms with Gasteiger partial charge in [0, 0.05) is 64.0 Å². The van der Waals surface area contributed by atoms with Gasteiger partial charge in [-0.15, -0.1) is 0 Å². The molecule has 0 aliphatic carbocycles. The van der Waals surface area contributed by atoms with E-state index in [2.05, 4.69) is 14.8 Å². The van der Waals surface area contributed by atoms with Crippen LogP contribution in [0.1, 0.15) is 58.0 Å². The van der Waals surface area contributed by atoms with Crippen molar-refractivity contribution < 1.29 is 19.1 Å². The monoisotopic (exact) mass is 677 g/mol. The number of hydrogen-bond donors (Lipinski definition) is 0. The molecule has 260 valence electrons. The second kappa shape index (κ2) is 13.9. The first-order chi connectivity index (χ1) is 24.5. The largest absolute Gasteiger partial charge is 0.379 e. The van der Waals surface area contributed by atoms with E-state index < -0.39 is 0 Å². The zero-order chi connectivity index (χ0) is 34.2. The van der Waals surface area contributed by atoms with E-state index in [0.29, 0.717) is 43.1 Å². The number of amides is 3. The summed E-state index contributed by atoms with van der Waals surface area (Å²) in [6.07, 6.45) is 4.87. The second-order valence-electron chi connectivity index (χ2n) is 13.9. The van der Waals surface area contributed by atoms with Crippen molar-refractivity contribution >= 4 is 34.6 Å². The number of carbonyl (C=O) groups is 3. The lowest BCUT2D eigenvalue weighted by molar-refractivity contribution is -0.138. The number of imidazole rings is 1. The molecule has 50 heavy (non-hydrogen) atoms. The summed E-state index contributed by atoms with van der Waals surface area (Å²) < 4.78 is 9.39. The fourth-order valence-corrected chi connectivity index (χ4v) is 8.11. The molecule has 12 heteroatoms. The highest BCUT2D eigenvalue weighted by Crippen LogP contribution is 2.30. The Hall–Kier alpha value is -4.65. The van der Waals surface area contributed by atoms with Gasteiger partial charge in [-0.1, -0.05) is 30.3 Å². The maximum atomic E-state index is 13.8. The molecule has 3 fully saturated rings. The Morgan fingerprint density at radius 3 is 2.04 bits per heavy atom. The Morgan fingerprint density at radius 2 is 1.38 bits per heavy atom. The molecule has 0 spiro atoms. The number of likely N-dealkylation sites (tertiary alicyclic amines) is 2. The van der Waals surface area contributed by atoms with E-state index in [4.69, 9.17) is 4.74 Å². The van der Waals surface area contributed by atoms with Crippen LogP contribution in [-0.4, -0.2) is 106 Å². The number of imide groups is 1. The predicted molar refractivity (Wildman–Crippen MR) is 188 cm³/mol. The van der Waals surface area contributed by atoms with Crippen molar-refractivity contribution in [3.8, 4) is 0 Å². The normalized spacial score (nSPS) is 19.8. The number of piperidine rings is 2. The number of carbonyl (C=O) groups excluding carboxylic acids is 3. The van der Waals surface area contributed by atoms with Crippen LogP contribution in [0.4, 0.5) is 5.82 Å². The summed E-state index contributed by atoms with van der Waals surface area (Å²) in [5.41, 5.74) is 3.80. The van der Waals surface area contributed by atoms with Crippen molar-refractivity contribution in [2.75, 3.05) is 63.9 Å². The van der Waals surface area contributed by atoms with E-state index in [9.17, 15) is 19.2 Å². The Balaban J connectivity index is 0.837. The summed E-state index contributed by atoms with van der Waals surface area (Å²) in [6.45, 7) is 8.39. The molecule has 4 aromatic rings. The van der Waals surface area contributed by atoms with Gasteiger partial charge >= 0.3 is 5.69 Å². The molecule has 2 aromatic carbocycles. The first-order valence-corrected chi connectivity index (χ1v) is 17.9. The Kier molecular flexibility index (Phi) is 9.07. The number of rotatable bonds is 8. The van der Waals surface area contributed by atoms with Crippen molar-refractivity contribution in [2.24, 2.45) is 5.92 Å². The molecule has 0 radical (unpaired) electrons. The highest BCUT2D eigenvalue weighted by atomic mass is 16.5. The Morgan fingerprint density at radius 1 is 0.720 bits per heavy atom. The quantitative estimate of drug-likeness (QED) is 0.261. The summed E-state index contributed by atoms with van der Waals surface area (Å²) in [4.78, 5) is 65.4. The number of nitrogens with zero attached hydrogens (tertiary/aromatic N) is 7. The average molecular weight is 678 g/mol. The third kappa shape index (κ3) is 6.16. The number of anilines is 1. The number of fused-ring (bicyclic) bond motifs is 2. The molecule has 2 aromatic heterocycles. The fraction of sp³-hybridized carbons (Fsp3) is 0.447. The topological polar surface area (TPSA) is 113 Å². The lowest BCUT2D eigenvalue weighted by atomic mass is 9.93. The first-order valence-electron chi connectivity index (χ1n) is 17.9. The van der Waals surface area contributed by atoms with Crippen LogP contribution >= 0.6 is 0 Å². The number of hydrogen-bond acceptors (Lipinski definition) is 8. The number of aromatic nitrogens is 3. The van der Waals surface area contributed by atoms with Gasteiger partial charge in [0.1, 0.15) is 5.82 Å². The van der Waals surface area contributed by atoms with Crippen LogP contribution in [0.15, 0.2) is 71.7 Å². The minimum atomic E-state index is -0.349. The Labute approximate surface area is 290 Å². The van der Waals surface area contributed by atoms with Crippen LogP contribution in [0.25, 0.3) is 11.0 Å². The van der Waals surface area contributed by atoms with Crippen molar-refractivity contribution in [1.82, 2.24) is 28.8 Å². The number of benzene rings is 2. The summed E-state index contributed by atoms with van der Waals surface area (Å²) in [7, 11) is 0. The molecule has 0 bridgehead atoms.